The van der Waals surface area contributed by atoms with Crippen LogP contribution in [-0.2, 0) is 11.2 Å². The van der Waals surface area contributed by atoms with Gasteiger partial charge in [0.2, 0.25) is 5.91 Å². The van der Waals surface area contributed by atoms with Crippen molar-refractivity contribution in [3.8, 4) is 0 Å². The van der Waals surface area contributed by atoms with E-state index in [1.807, 2.05) is 18.2 Å². The molecule has 0 radical (unpaired) electrons. The summed E-state index contributed by atoms with van der Waals surface area (Å²) in [6.45, 7) is 4.07. The van der Waals surface area contributed by atoms with E-state index in [-0.39, 0.29) is 30.4 Å². The van der Waals surface area contributed by atoms with Crippen LogP contribution in [0.5, 0.6) is 0 Å². The van der Waals surface area contributed by atoms with Gasteiger partial charge in [-0.2, -0.15) is 0 Å². The molecule has 1 aromatic carbocycles. The summed E-state index contributed by atoms with van der Waals surface area (Å²) in [6.07, 6.45) is 4.08. The number of halogens is 1. The molecule has 0 aromatic heterocycles. The zero-order chi connectivity index (χ0) is 14.8. The third kappa shape index (κ3) is 3.62. The van der Waals surface area contributed by atoms with E-state index < -0.39 is 0 Å². The normalized spacial score (nSPS) is 24.6. The van der Waals surface area contributed by atoms with Crippen molar-refractivity contribution in [2.24, 2.45) is 11.7 Å². The third-order valence-corrected chi connectivity index (χ3v) is 5.02. The van der Waals surface area contributed by atoms with Crippen LogP contribution in [-0.4, -0.2) is 36.0 Å². The number of anilines is 1. The summed E-state index contributed by atoms with van der Waals surface area (Å²) < 4.78 is 0. The minimum absolute atomic E-state index is 0. The number of nitrogens with two attached hydrogens (primary N) is 1. The zero-order valence-corrected chi connectivity index (χ0v) is 13.9. The quantitative estimate of drug-likeness (QED) is 0.878. The van der Waals surface area contributed by atoms with E-state index in [1.165, 1.54) is 5.56 Å². The van der Waals surface area contributed by atoms with E-state index in [4.69, 9.17) is 5.73 Å². The van der Waals surface area contributed by atoms with Crippen molar-refractivity contribution in [3.63, 3.8) is 0 Å². The summed E-state index contributed by atoms with van der Waals surface area (Å²) in [5.74, 6) is 0.756. The lowest BCUT2D eigenvalue weighted by atomic mass is 9.89. The fourth-order valence-corrected chi connectivity index (χ4v) is 3.60. The topological polar surface area (TPSA) is 58.4 Å². The van der Waals surface area contributed by atoms with Crippen LogP contribution >= 0.6 is 12.4 Å². The molecule has 1 fully saturated rings. The summed E-state index contributed by atoms with van der Waals surface area (Å²) in [4.78, 5) is 14.9. The van der Waals surface area contributed by atoms with Crippen LogP contribution in [0.3, 0.4) is 0 Å². The Morgan fingerprint density at radius 1 is 1.23 bits per heavy atom. The van der Waals surface area contributed by atoms with Gasteiger partial charge in [0.25, 0.3) is 0 Å². The number of rotatable bonds is 2. The van der Waals surface area contributed by atoms with E-state index in [2.05, 4.69) is 23.2 Å². The summed E-state index contributed by atoms with van der Waals surface area (Å²) >= 11 is 0. The zero-order valence-electron chi connectivity index (χ0n) is 13.1. The number of likely N-dealkylation sites (tertiary alicyclic amines) is 1. The molecule has 5 heteroatoms. The van der Waals surface area contributed by atoms with Gasteiger partial charge in [-0.15, -0.1) is 12.4 Å². The molecule has 122 valence electrons. The molecule has 2 aliphatic heterocycles. The molecule has 2 atom stereocenters. The van der Waals surface area contributed by atoms with Gasteiger partial charge in [-0.3, -0.25) is 9.69 Å². The smallest absolute Gasteiger partial charge is 0.241 e. The predicted octanol–water partition coefficient (Wildman–Crippen LogP) is 2.42. The first-order chi connectivity index (χ1) is 10.1. The Labute approximate surface area is 138 Å². The summed E-state index contributed by atoms with van der Waals surface area (Å²) in [5, 5.41) is 3.10. The number of piperidine rings is 1. The van der Waals surface area contributed by atoms with Gasteiger partial charge in [0, 0.05) is 11.7 Å². The SMILES string of the molecule is CC(N)C1CCN(C2CCc3ccccc3NC2=O)CC1.Cl. The number of amides is 1. The van der Waals surface area contributed by atoms with Crippen molar-refractivity contribution in [2.75, 3.05) is 18.4 Å². The van der Waals surface area contributed by atoms with E-state index >= 15 is 0 Å². The number of nitrogens with zero attached hydrogens (tertiary/aromatic N) is 1. The lowest BCUT2D eigenvalue weighted by Crippen LogP contribution is -2.49. The molecule has 3 rings (SSSR count). The van der Waals surface area contributed by atoms with Gasteiger partial charge < -0.3 is 11.1 Å². The van der Waals surface area contributed by atoms with Gasteiger partial charge in [0.15, 0.2) is 0 Å². The largest absolute Gasteiger partial charge is 0.328 e. The number of hydrogen-bond acceptors (Lipinski definition) is 3. The number of benzene rings is 1. The fraction of sp³-hybridized carbons (Fsp3) is 0.588. The molecule has 0 spiro atoms. The van der Waals surface area contributed by atoms with Crippen molar-refractivity contribution >= 4 is 24.0 Å². The first kappa shape index (κ1) is 17.3. The summed E-state index contributed by atoms with van der Waals surface area (Å²) in [5.41, 5.74) is 8.23. The van der Waals surface area contributed by atoms with E-state index in [9.17, 15) is 4.79 Å². The highest BCUT2D eigenvalue weighted by atomic mass is 35.5. The molecular weight excluding hydrogens is 298 g/mol. The van der Waals surface area contributed by atoms with Crippen LogP contribution in [0.4, 0.5) is 5.69 Å². The third-order valence-electron chi connectivity index (χ3n) is 5.02. The molecule has 3 N–H and O–H groups in total. The number of fused-ring (bicyclic) bond motifs is 1. The molecule has 0 saturated carbocycles. The van der Waals surface area contributed by atoms with E-state index in [0.717, 1.165) is 44.5 Å². The molecule has 4 nitrogen and oxygen atoms in total. The van der Waals surface area contributed by atoms with Crippen molar-refractivity contribution in [1.29, 1.82) is 0 Å². The maximum atomic E-state index is 12.5. The van der Waals surface area contributed by atoms with Gasteiger partial charge in [-0.25, -0.2) is 0 Å². The van der Waals surface area contributed by atoms with Crippen molar-refractivity contribution < 1.29 is 4.79 Å². The average Bonchev–Trinajstić information content (AvgIpc) is 2.65. The molecule has 2 unspecified atom stereocenters. The Morgan fingerprint density at radius 2 is 1.91 bits per heavy atom. The van der Waals surface area contributed by atoms with Gasteiger partial charge in [-0.05, 0) is 63.2 Å². The minimum Gasteiger partial charge on any atom is -0.328 e. The van der Waals surface area contributed by atoms with E-state index in [0.29, 0.717) is 5.92 Å². The highest BCUT2D eigenvalue weighted by molar-refractivity contribution is 5.96. The number of carbonyl (C=O) groups is 1. The molecule has 1 amide bonds. The van der Waals surface area contributed by atoms with Gasteiger partial charge in [0.05, 0.1) is 6.04 Å². The van der Waals surface area contributed by atoms with Gasteiger partial charge in [0.1, 0.15) is 0 Å². The Kier molecular flexibility index (Phi) is 5.84. The second-order valence-electron chi connectivity index (χ2n) is 6.43. The average molecular weight is 324 g/mol. The molecular formula is C17H26ClN3O. The number of hydrogen-bond donors (Lipinski definition) is 2. The van der Waals surface area contributed by atoms with Crippen LogP contribution in [0.2, 0.25) is 0 Å². The van der Waals surface area contributed by atoms with Crippen molar-refractivity contribution in [3.05, 3.63) is 29.8 Å². The first-order valence-electron chi connectivity index (χ1n) is 8.03. The first-order valence-corrected chi connectivity index (χ1v) is 8.03. The molecule has 0 bridgehead atoms. The Balaban J connectivity index is 0.00000176. The van der Waals surface area contributed by atoms with Crippen LogP contribution in [0.1, 0.15) is 31.7 Å². The molecule has 1 aromatic rings. The summed E-state index contributed by atoms with van der Waals surface area (Å²) in [6, 6.07) is 8.40. The van der Waals surface area contributed by atoms with Crippen LogP contribution in [0.15, 0.2) is 24.3 Å². The highest BCUT2D eigenvalue weighted by Crippen LogP contribution is 2.27. The van der Waals surface area contributed by atoms with Crippen LogP contribution < -0.4 is 11.1 Å². The molecule has 0 aliphatic carbocycles. The maximum Gasteiger partial charge on any atom is 0.241 e. The Bertz CT molecular complexity index is 512. The number of para-hydroxylation sites is 1. The highest BCUT2D eigenvalue weighted by Gasteiger charge is 2.32. The fourth-order valence-electron chi connectivity index (χ4n) is 3.60. The lowest BCUT2D eigenvalue weighted by Gasteiger charge is -2.37. The van der Waals surface area contributed by atoms with Gasteiger partial charge >= 0.3 is 0 Å². The molecule has 2 aliphatic rings. The summed E-state index contributed by atoms with van der Waals surface area (Å²) in [7, 11) is 0. The second-order valence-corrected chi connectivity index (χ2v) is 6.43. The standard InChI is InChI=1S/C17H25N3O.ClH/c1-12(18)13-8-10-20(11-9-13)16-7-6-14-4-2-3-5-15(14)19-17(16)21;/h2-5,12-13,16H,6-11,18H2,1H3,(H,19,21);1H. The Morgan fingerprint density at radius 3 is 2.59 bits per heavy atom. The second kappa shape index (κ2) is 7.44. The number of carbonyl (C=O) groups excluding carboxylic acids is 1. The molecule has 1 saturated heterocycles. The monoisotopic (exact) mass is 323 g/mol. The van der Waals surface area contributed by atoms with E-state index in [1.54, 1.807) is 0 Å². The van der Waals surface area contributed by atoms with Crippen LogP contribution in [0.25, 0.3) is 0 Å². The van der Waals surface area contributed by atoms with Crippen molar-refractivity contribution in [1.82, 2.24) is 4.90 Å². The minimum atomic E-state index is 0. The molecule has 2 heterocycles. The van der Waals surface area contributed by atoms with Crippen LogP contribution in [0, 0.1) is 5.92 Å². The predicted molar refractivity (Wildman–Crippen MR) is 92.4 cm³/mol. The number of aryl methyl sites for hydroxylation is 1. The van der Waals surface area contributed by atoms with Gasteiger partial charge in [-0.1, -0.05) is 18.2 Å². The van der Waals surface area contributed by atoms with Crippen molar-refractivity contribution in [2.45, 2.75) is 44.7 Å². The molecule has 22 heavy (non-hydrogen) atoms. The lowest BCUT2D eigenvalue weighted by molar-refractivity contribution is -0.122. The Hall–Kier alpha value is -1.10. The maximum absolute atomic E-state index is 12.5. The number of nitrogens with one attached hydrogen (secondary N) is 1.